The van der Waals surface area contributed by atoms with Crippen LogP contribution < -0.4 is 4.74 Å². The third-order valence-corrected chi connectivity index (χ3v) is 3.12. The van der Waals surface area contributed by atoms with Gasteiger partial charge in [0.1, 0.15) is 0 Å². The molecule has 5 nitrogen and oxygen atoms in total. The predicted molar refractivity (Wildman–Crippen MR) is 76.3 cm³/mol. The van der Waals surface area contributed by atoms with Gasteiger partial charge in [0.2, 0.25) is 0 Å². The zero-order chi connectivity index (χ0) is 16.3. The first-order valence-corrected chi connectivity index (χ1v) is 6.21. The molecule has 0 aliphatic carbocycles. The van der Waals surface area contributed by atoms with Crippen LogP contribution in [0.4, 0.5) is 0 Å². The standard InChI is InChI=1S/C16H16O5/c1-21-14-9-11(7-8-13(14)17)10-16(20,15(18)19)12-5-3-2-4-6-12/h2-9,17,20H,10H2,1H3,(H,18,19)/t16-/m0/s1/i10D/t10?,16-. The molecule has 21 heavy (non-hydrogen) atoms. The maximum Gasteiger partial charge on any atom is 0.340 e. The molecule has 0 heterocycles. The molecule has 5 heteroatoms. The van der Waals surface area contributed by atoms with Crippen LogP contribution in [0.15, 0.2) is 48.5 Å². The number of hydrogen-bond acceptors (Lipinski definition) is 4. The molecular weight excluding hydrogens is 272 g/mol. The Hall–Kier alpha value is -2.53. The van der Waals surface area contributed by atoms with Crippen molar-refractivity contribution in [2.75, 3.05) is 7.11 Å². The van der Waals surface area contributed by atoms with Gasteiger partial charge in [-0.05, 0) is 23.3 Å². The van der Waals surface area contributed by atoms with Gasteiger partial charge in [-0.2, -0.15) is 0 Å². The zero-order valence-corrected chi connectivity index (χ0v) is 11.4. The van der Waals surface area contributed by atoms with Gasteiger partial charge in [-0.1, -0.05) is 36.4 Å². The number of benzene rings is 2. The Kier molecular flexibility index (Phi) is 3.75. The van der Waals surface area contributed by atoms with Crippen LogP contribution in [0, 0.1) is 0 Å². The summed E-state index contributed by atoms with van der Waals surface area (Å²) < 4.78 is 13.2. The van der Waals surface area contributed by atoms with Gasteiger partial charge >= 0.3 is 5.97 Å². The number of phenols is 1. The van der Waals surface area contributed by atoms with Crippen LogP contribution in [-0.2, 0) is 16.8 Å². The van der Waals surface area contributed by atoms with Crippen molar-refractivity contribution in [3.8, 4) is 11.5 Å². The van der Waals surface area contributed by atoms with Crippen molar-refractivity contribution in [2.24, 2.45) is 0 Å². The average molecular weight is 289 g/mol. The van der Waals surface area contributed by atoms with E-state index in [0.717, 1.165) is 0 Å². The molecule has 0 aliphatic heterocycles. The van der Waals surface area contributed by atoms with Crippen molar-refractivity contribution in [1.29, 1.82) is 0 Å². The van der Waals surface area contributed by atoms with Crippen molar-refractivity contribution < 1.29 is 26.2 Å². The second kappa shape index (κ2) is 5.85. The number of carboxylic acid groups (broad SMARTS) is 1. The van der Waals surface area contributed by atoms with Crippen LogP contribution in [0.1, 0.15) is 12.5 Å². The Labute approximate surface area is 123 Å². The van der Waals surface area contributed by atoms with Gasteiger partial charge in [-0.25, -0.2) is 4.79 Å². The number of hydrogen-bond donors (Lipinski definition) is 3. The molecule has 0 bridgehead atoms. The SMILES string of the molecule is [2H]C(c1ccc(O)c(OC)c1)[C@@](O)(C(=O)O)c1ccccc1. The van der Waals surface area contributed by atoms with E-state index in [0.29, 0.717) is 0 Å². The quantitative estimate of drug-likeness (QED) is 0.782. The number of carboxylic acids is 1. The van der Waals surface area contributed by atoms with Crippen molar-refractivity contribution in [3.63, 3.8) is 0 Å². The largest absolute Gasteiger partial charge is 0.504 e. The summed E-state index contributed by atoms with van der Waals surface area (Å²) in [5, 5.41) is 29.7. The van der Waals surface area contributed by atoms with E-state index in [1.165, 1.54) is 37.4 Å². The Morgan fingerprint density at radius 2 is 1.95 bits per heavy atom. The maximum atomic E-state index is 11.6. The highest BCUT2D eigenvalue weighted by Gasteiger charge is 2.38. The summed E-state index contributed by atoms with van der Waals surface area (Å²) in [5.74, 6) is -1.54. The van der Waals surface area contributed by atoms with E-state index in [4.69, 9.17) is 6.11 Å². The lowest BCUT2D eigenvalue weighted by molar-refractivity contribution is -0.159. The molecule has 2 aromatic carbocycles. The van der Waals surface area contributed by atoms with E-state index in [-0.39, 0.29) is 22.6 Å². The van der Waals surface area contributed by atoms with Crippen molar-refractivity contribution >= 4 is 5.97 Å². The average Bonchev–Trinajstić information content (AvgIpc) is 2.54. The summed E-state index contributed by atoms with van der Waals surface area (Å²) in [5.41, 5.74) is -2.10. The monoisotopic (exact) mass is 289 g/mol. The Morgan fingerprint density at radius 1 is 1.29 bits per heavy atom. The highest BCUT2D eigenvalue weighted by atomic mass is 16.5. The minimum absolute atomic E-state index is 0.106. The third kappa shape index (κ3) is 2.98. The summed E-state index contributed by atoms with van der Waals surface area (Å²) in [6.45, 7) is 0. The van der Waals surface area contributed by atoms with Crippen molar-refractivity contribution in [1.82, 2.24) is 0 Å². The molecule has 2 rings (SSSR count). The number of aliphatic hydroxyl groups is 1. The number of ether oxygens (including phenoxy) is 1. The molecule has 0 amide bonds. The number of aromatic hydroxyl groups is 1. The van der Waals surface area contributed by atoms with Crippen LogP contribution in [0.3, 0.4) is 0 Å². The minimum atomic E-state index is -2.41. The molecule has 3 N–H and O–H groups in total. The van der Waals surface area contributed by atoms with Crippen LogP contribution in [0.2, 0.25) is 0 Å². The molecule has 0 aliphatic rings. The van der Waals surface area contributed by atoms with Gasteiger partial charge in [0.25, 0.3) is 0 Å². The molecule has 0 saturated carbocycles. The lowest BCUT2D eigenvalue weighted by Gasteiger charge is -2.24. The van der Waals surface area contributed by atoms with Gasteiger partial charge in [0, 0.05) is 7.77 Å². The summed E-state index contributed by atoms with van der Waals surface area (Å²) in [6.07, 6.45) is -1.50. The van der Waals surface area contributed by atoms with E-state index in [9.17, 15) is 20.1 Å². The molecule has 0 fully saturated rings. The molecule has 2 aromatic rings. The van der Waals surface area contributed by atoms with Gasteiger partial charge in [-0.3, -0.25) is 0 Å². The summed E-state index contributed by atoms with van der Waals surface area (Å²) in [7, 11) is 1.35. The van der Waals surface area contributed by atoms with Crippen LogP contribution in [0.25, 0.3) is 0 Å². The lowest BCUT2D eigenvalue weighted by Crippen LogP contribution is -2.37. The molecule has 0 radical (unpaired) electrons. The second-order valence-electron chi connectivity index (χ2n) is 4.51. The lowest BCUT2D eigenvalue weighted by atomic mass is 9.87. The van der Waals surface area contributed by atoms with Gasteiger partial charge in [0.15, 0.2) is 17.1 Å². The summed E-state index contributed by atoms with van der Waals surface area (Å²) in [4.78, 5) is 11.6. The van der Waals surface area contributed by atoms with Gasteiger partial charge in [0.05, 0.1) is 7.11 Å². The Balaban J connectivity index is 2.52. The summed E-state index contributed by atoms with van der Waals surface area (Å²) >= 11 is 0. The molecule has 110 valence electrons. The van der Waals surface area contributed by atoms with Crippen molar-refractivity contribution in [3.05, 3.63) is 59.7 Å². The van der Waals surface area contributed by atoms with Crippen LogP contribution in [0.5, 0.6) is 11.5 Å². The smallest absolute Gasteiger partial charge is 0.340 e. The highest BCUT2D eigenvalue weighted by Crippen LogP contribution is 2.31. The molecule has 2 atom stereocenters. The number of aliphatic carboxylic acids is 1. The van der Waals surface area contributed by atoms with Gasteiger partial charge in [-0.15, -0.1) is 0 Å². The third-order valence-electron chi connectivity index (χ3n) is 3.12. The van der Waals surface area contributed by atoms with E-state index in [1.807, 2.05) is 0 Å². The number of rotatable bonds is 5. The van der Waals surface area contributed by atoms with E-state index in [1.54, 1.807) is 18.2 Å². The number of methoxy groups -OCH3 is 1. The van der Waals surface area contributed by atoms with Crippen LogP contribution >= 0.6 is 0 Å². The normalized spacial score (nSPS) is 15.6. The highest BCUT2D eigenvalue weighted by molar-refractivity contribution is 5.79. The maximum absolute atomic E-state index is 11.6. The summed E-state index contributed by atoms with van der Waals surface area (Å²) in [6, 6.07) is 11.8. The number of carbonyl (C=O) groups is 1. The van der Waals surface area contributed by atoms with E-state index >= 15 is 0 Å². The first-order chi connectivity index (χ1) is 10.4. The first kappa shape index (κ1) is 13.5. The molecule has 0 aromatic heterocycles. The van der Waals surface area contributed by atoms with Crippen LogP contribution in [-0.4, -0.2) is 28.4 Å². The molecule has 1 unspecified atom stereocenters. The molecule has 0 saturated heterocycles. The van der Waals surface area contributed by atoms with Crippen molar-refractivity contribution in [2.45, 2.75) is 12.0 Å². The first-order valence-electron chi connectivity index (χ1n) is 6.79. The van der Waals surface area contributed by atoms with Gasteiger partial charge < -0.3 is 20.1 Å². The molecule has 0 spiro atoms. The second-order valence-corrected chi connectivity index (χ2v) is 4.51. The fourth-order valence-electron chi connectivity index (χ4n) is 1.99. The predicted octanol–water partition coefficient (Wildman–Crippen LogP) is 1.92. The fourth-order valence-corrected chi connectivity index (χ4v) is 1.99. The fraction of sp³-hybridized carbons (Fsp3) is 0.188. The Bertz CT molecular complexity index is 673. The zero-order valence-electron chi connectivity index (χ0n) is 12.4. The van der Waals surface area contributed by atoms with E-state index in [2.05, 4.69) is 0 Å². The topological polar surface area (TPSA) is 87.0 Å². The molecular formula is C16H16O5. The number of phenolic OH excluding ortho intramolecular Hbond substituents is 1. The minimum Gasteiger partial charge on any atom is -0.504 e. The Morgan fingerprint density at radius 3 is 2.52 bits per heavy atom. The van der Waals surface area contributed by atoms with E-state index < -0.39 is 18.0 Å².